The number of hydrogen-bond acceptors (Lipinski definition) is 11. The van der Waals surface area contributed by atoms with Crippen molar-refractivity contribution in [1.82, 2.24) is 14.5 Å². The molecule has 0 aliphatic carbocycles. The summed E-state index contributed by atoms with van der Waals surface area (Å²) in [5.74, 6) is 0.456. The smallest absolute Gasteiger partial charge is 0.293 e. The molecule has 2 amide bonds. The first-order valence-electron chi connectivity index (χ1n) is 17.1. The molecule has 13 nitrogen and oxygen atoms in total. The first kappa shape index (κ1) is 39.3. The number of nitrogens with zero attached hydrogens (tertiary/aromatic N) is 3. The van der Waals surface area contributed by atoms with Gasteiger partial charge >= 0.3 is 0 Å². The number of carbonyl (C=O) groups excluding carboxylic acids is 2. The van der Waals surface area contributed by atoms with Crippen molar-refractivity contribution in [3.05, 3.63) is 112 Å². The third-order valence-electron chi connectivity index (χ3n) is 8.79. The maximum absolute atomic E-state index is 13.1. The standard InChI is InChI=1S/C38H43N5O8S2/c1-50-27-37(44)42-22-20-41(21-23-42)19-6-7-28-10-16-33(36(25-28)51-2)29-11-13-30(14-12-29)38(45)40-53(48,49)32-15-17-34(35(26-32)43(46)47)39-18-24-52-31-8-4-3-5-9-31/h3-5,8-17,25-26,39H,6-7,18-24,27H2,1-2H3,(H,40,45). The lowest BCUT2D eigenvalue weighted by Gasteiger charge is -2.34. The van der Waals surface area contributed by atoms with Crippen LogP contribution in [0.5, 0.6) is 5.75 Å². The maximum atomic E-state index is 13.1. The fourth-order valence-corrected chi connectivity index (χ4v) is 7.75. The lowest BCUT2D eigenvalue weighted by molar-refractivity contribution is -0.384. The zero-order valence-electron chi connectivity index (χ0n) is 29.7. The van der Waals surface area contributed by atoms with E-state index in [1.807, 2.05) is 58.2 Å². The summed E-state index contributed by atoms with van der Waals surface area (Å²) in [4.78, 5) is 41.1. The second kappa shape index (κ2) is 18.7. The van der Waals surface area contributed by atoms with Crippen molar-refractivity contribution in [3.8, 4) is 16.9 Å². The minimum atomic E-state index is -4.42. The van der Waals surface area contributed by atoms with Crippen LogP contribution in [0.3, 0.4) is 0 Å². The van der Waals surface area contributed by atoms with E-state index in [1.165, 1.54) is 31.4 Å². The van der Waals surface area contributed by atoms with Gasteiger partial charge in [-0.1, -0.05) is 42.5 Å². The highest BCUT2D eigenvalue weighted by Gasteiger charge is 2.24. The van der Waals surface area contributed by atoms with Crippen LogP contribution < -0.4 is 14.8 Å². The molecule has 0 aromatic heterocycles. The van der Waals surface area contributed by atoms with Gasteiger partial charge in [-0.25, -0.2) is 13.1 Å². The molecule has 1 aliphatic rings. The summed E-state index contributed by atoms with van der Waals surface area (Å²) in [5, 5.41) is 14.8. The highest BCUT2D eigenvalue weighted by molar-refractivity contribution is 7.99. The second-order valence-corrected chi connectivity index (χ2v) is 15.2. The Balaban J connectivity index is 1.15. The molecule has 1 saturated heterocycles. The molecule has 1 fully saturated rings. The number of amides is 2. The molecule has 0 radical (unpaired) electrons. The Morgan fingerprint density at radius 3 is 2.34 bits per heavy atom. The van der Waals surface area contributed by atoms with Crippen LogP contribution in [0.4, 0.5) is 11.4 Å². The zero-order chi connectivity index (χ0) is 37.8. The summed E-state index contributed by atoms with van der Waals surface area (Å²) in [6.07, 6.45) is 1.80. The molecule has 1 aliphatic heterocycles. The van der Waals surface area contributed by atoms with Gasteiger partial charge in [-0.15, -0.1) is 11.8 Å². The van der Waals surface area contributed by atoms with E-state index in [2.05, 4.69) is 10.2 Å². The average molecular weight is 762 g/mol. The van der Waals surface area contributed by atoms with Crippen molar-refractivity contribution >= 4 is 45.0 Å². The van der Waals surface area contributed by atoms with Crippen LogP contribution >= 0.6 is 11.8 Å². The van der Waals surface area contributed by atoms with Gasteiger partial charge in [-0.3, -0.25) is 24.6 Å². The number of piperazine rings is 1. The van der Waals surface area contributed by atoms with Gasteiger partial charge in [-0.05, 0) is 73.0 Å². The van der Waals surface area contributed by atoms with Gasteiger partial charge in [0.25, 0.3) is 21.6 Å². The van der Waals surface area contributed by atoms with Gasteiger partial charge < -0.3 is 19.7 Å². The third kappa shape index (κ3) is 10.8. The number of thioether (sulfide) groups is 1. The van der Waals surface area contributed by atoms with E-state index in [4.69, 9.17) is 9.47 Å². The third-order valence-corrected chi connectivity index (χ3v) is 11.1. The Kier molecular flexibility index (Phi) is 13.8. The molecule has 0 unspecified atom stereocenters. The normalized spacial score (nSPS) is 13.4. The molecule has 4 aromatic rings. The predicted molar refractivity (Wildman–Crippen MR) is 205 cm³/mol. The second-order valence-electron chi connectivity index (χ2n) is 12.3. The van der Waals surface area contributed by atoms with E-state index >= 15 is 0 Å². The van der Waals surface area contributed by atoms with E-state index in [1.54, 1.807) is 31.0 Å². The van der Waals surface area contributed by atoms with Gasteiger partial charge in [0.1, 0.15) is 18.0 Å². The number of nitro benzene ring substituents is 1. The average Bonchev–Trinajstić information content (AvgIpc) is 3.17. The van der Waals surface area contributed by atoms with Crippen molar-refractivity contribution in [2.75, 3.05) is 71.2 Å². The van der Waals surface area contributed by atoms with Crippen molar-refractivity contribution in [2.45, 2.75) is 22.6 Å². The van der Waals surface area contributed by atoms with E-state index in [9.17, 15) is 28.1 Å². The molecule has 0 spiro atoms. The predicted octanol–water partition coefficient (Wildman–Crippen LogP) is 5.32. The van der Waals surface area contributed by atoms with Gasteiger partial charge in [0.15, 0.2) is 0 Å². The number of sulfonamides is 1. The number of ether oxygens (including phenoxy) is 2. The van der Waals surface area contributed by atoms with Gasteiger partial charge in [-0.2, -0.15) is 0 Å². The van der Waals surface area contributed by atoms with Crippen LogP contribution in [0, 0.1) is 10.1 Å². The number of anilines is 1. The van der Waals surface area contributed by atoms with E-state index in [0.29, 0.717) is 31.1 Å². The molecule has 2 N–H and O–H groups in total. The number of methoxy groups -OCH3 is 2. The Morgan fingerprint density at radius 1 is 0.925 bits per heavy atom. The summed E-state index contributed by atoms with van der Waals surface area (Å²) in [6.45, 7) is 4.52. The molecule has 15 heteroatoms. The van der Waals surface area contributed by atoms with Gasteiger partial charge in [0.05, 0.1) is 16.9 Å². The van der Waals surface area contributed by atoms with E-state index < -0.39 is 31.4 Å². The number of rotatable bonds is 17. The number of nitro groups is 1. The number of benzene rings is 4. The summed E-state index contributed by atoms with van der Waals surface area (Å²) in [7, 11) is -1.30. The molecule has 280 valence electrons. The Bertz CT molecular complexity index is 1990. The zero-order valence-corrected chi connectivity index (χ0v) is 31.3. The molecule has 53 heavy (non-hydrogen) atoms. The highest BCUT2D eigenvalue weighted by Crippen LogP contribution is 2.32. The van der Waals surface area contributed by atoms with Crippen LogP contribution in [-0.2, 0) is 26.0 Å². The van der Waals surface area contributed by atoms with Crippen LogP contribution in [0.25, 0.3) is 11.1 Å². The summed E-state index contributed by atoms with van der Waals surface area (Å²) in [6, 6.07) is 25.6. The lowest BCUT2D eigenvalue weighted by atomic mass is 9.99. The quantitative estimate of drug-likeness (QED) is 0.0621. The molecule has 1 heterocycles. The lowest BCUT2D eigenvalue weighted by Crippen LogP contribution is -2.49. The Morgan fingerprint density at radius 2 is 1.66 bits per heavy atom. The molecule has 0 bridgehead atoms. The van der Waals surface area contributed by atoms with Crippen LogP contribution in [0.15, 0.2) is 101 Å². The monoisotopic (exact) mass is 761 g/mol. The molecule has 4 aromatic carbocycles. The molecule has 5 rings (SSSR count). The fraction of sp³-hybridized carbons (Fsp3) is 0.316. The van der Waals surface area contributed by atoms with Crippen molar-refractivity contribution in [3.63, 3.8) is 0 Å². The summed E-state index contributed by atoms with van der Waals surface area (Å²) >= 11 is 1.58. The van der Waals surface area contributed by atoms with Gasteiger partial charge in [0, 0.05) is 67.7 Å². The topological polar surface area (TPSA) is 160 Å². The number of aryl methyl sites for hydroxylation is 1. The summed E-state index contributed by atoms with van der Waals surface area (Å²) in [5.41, 5.74) is 2.56. The Labute approximate surface area is 313 Å². The molecular formula is C38H43N5O8S2. The number of carbonyl (C=O) groups is 2. The molecular weight excluding hydrogens is 719 g/mol. The van der Waals surface area contributed by atoms with Crippen LogP contribution in [-0.4, -0.2) is 101 Å². The van der Waals surface area contributed by atoms with Crippen molar-refractivity contribution < 1.29 is 32.4 Å². The highest BCUT2D eigenvalue weighted by atomic mass is 32.2. The molecule has 0 atom stereocenters. The van der Waals surface area contributed by atoms with Crippen LogP contribution in [0.2, 0.25) is 0 Å². The first-order valence-corrected chi connectivity index (χ1v) is 19.6. The van der Waals surface area contributed by atoms with Crippen LogP contribution in [0.1, 0.15) is 22.3 Å². The first-order chi connectivity index (χ1) is 25.6. The van der Waals surface area contributed by atoms with E-state index in [-0.39, 0.29) is 23.8 Å². The minimum Gasteiger partial charge on any atom is -0.496 e. The fourth-order valence-electron chi connectivity index (χ4n) is 5.96. The maximum Gasteiger partial charge on any atom is 0.293 e. The summed E-state index contributed by atoms with van der Waals surface area (Å²) < 4.78 is 38.9. The largest absolute Gasteiger partial charge is 0.496 e. The number of hydrogen-bond donors (Lipinski definition) is 2. The number of nitrogens with one attached hydrogen (secondary N) is 2. The Hall–Kier alpha value is -4.96. The minimum absolute atomic E-state index is 0.0238. The SMILES string of the molecule is COCC(=O)N1CCN(CCCc2ccc(-c3ccc(C(=O)NS(=O)(=O)c4ccc(NCCSc5ccccc5)c([N+](=O)[O-])c4)cc3)c(OC)c2)CC1. The molecule has 0 saturated carbocycles. The van der Waals surface area contributed by atoms with Crippen molar-refractivity contribution in [1.29, 1.82) is 0 Å². The van der Waals surface area contributed by atoms with Gasteiger partial charge in [0.2, 0.25) is 5.91 Å². The van der Waals surface area contributed by atoms with Crippen molar-refractivity contribution in [2.24, 2.45) is 0 Å². The van der Waals surface area contributed by atoms with E-state index in [0.717, 1.165) is 60.1 Å².